The Balaban J connectivity index is 1.32. The summed E-state index contributed by atoms with van der Waals surface area (Å²) in [7, 11) is 0. The predicted octanol–water partition coefficient (Wildman–Crippen LogP) is 2.69. The highest BCUT2D eigenvalue weighted by molar-refractivity contribution is 5.75. The van der Waals surface area contributed by atoms with Crippen LogP contribution < -0.4 is 11.2 Å². The van der Waals surface area contributed by atoms with Crippen LogP contribution >= 0.6 is 0 Å². The number of hydrogen-bond donors (Lipinski definition) is 3. The molecule has 4 N–H and O–H groups in total. The van der Waals surface area contributed by atoms with Crippen molar-refractivity contribution in [2.45, 2.75) is 70.3 Å². The van der Waals surface area contributed by atoms with Gasteiger partial charge < -0.3 is 15.4 Å². The molecule has 1 spiro atoms. The molecule has 3 fully saturated rings. The van der Waals surface area contributed by atoms with E-state index in [1.807, 2.05) is 6.21 Å². The van der Waals surface area contributed by atoms with Crippen molar-refractivity contribution < 1.29 is 4.74 Å². The fraction of sp³-hybridized carbons (Fsp3) is 0.895. The fourth-order valence-electron chi connectivity index (χ4n) is 4.84. The van der Waals surface area contributed by atoms with Crippen molar-refractivity contribution in [3.8, 4) is 0 Å². The molecule has 6 nitrogen and oxygen atoms in total. The Morgan fingerprint density at radius 3 is 2.44 bits per heavy atom. The fourth-order valence-corrected chi connectivity index (χ4v) is 4.84. The summed E-state index contributed by atoms with van der Waals surface area (Å²) in [5.41, 5.74) is 8.33. The van der Waals surface area contributed by atoms with Crippen LogP contribution in [0.3, 0.4) is 0 Å². The third-order valence-electron chi connectivity index (χ3n) is 6.51. The van der Waals surface area contributed by atoms with Crippen LogP contribution in [0.15, 0.2) is 5.10 Å². The van der Waals surface area contributed by atoms with Crippen molar-refractivity contribution in [3.63, 3.8) is 0 Å². The first-order valence-electron chi connectivity index (χ1n) is 10.1. The lowest BCUT2D eigenvalue weighted by atomic mass is 9.63. The van der Waals surface area contributed by atoms with E-state index in [4.69, 9.17) is 15.9 Å². The van der Waals surface area contributed by atoms with E-state index in [-0.39, 0.29) is 5.96 Å². The van der Waals surface area contributed by atoms with E-state index >= 15 is 0 Å². The van der Waals surface area contributed by atoms with E-state index in [1.165, 1.54) is 77.3 Å². The lowest BCUT2D eigenvalue weighted by Gasteiger charge is -2.44. The number of rotatable bonds is 6. The average molecular weight is 350 g/mol. The summed E-state index contributed by atoms with van der Waals surface area (Å²) in [4.78, 5) is 2.54. The SMILES string of the molecule is N=C(N)NN=CC1CCC2(CC1)CCC(OCCN1CCCC1)CC2. The molecule has 1 saturated heterocycles. The molecule has 142 valence electrons. The van der Waals surface area contributed by atoms with Gasteiger partial charge in [-0.25, -0.2) is 5.43 Å². The molecule has 25 heavy (non-hydrogen) atoms. The first-order valence-corrected chi connectivity index (χ1v) is 10.1. The van der Waals surface area contributed by atoms with E-state index in [0.717, 1.165) is 13.2 Å². The Bertz CT molecular complexity index is 443. The van der Waals surface area contributed by atoms with Crippen LogP contribution in [0.1, 0.15) is 64.2 Å². The number of nitrogens with zero attached hydrogens (tertiary/aromatic N) is 2. The van der Waals surface area contributed by atoms with E-state index in [2.05, 4.69) is 15.4 Å². The summed E-state index contributed by atoms with van der Waals surface area (Å²) in [5.74, 6) is 0.443. The van der Waals surface area contributed by atoms with Gasteiger partial charge in [0.15, 0.2) is 0 Å². The van der Waals surface area contributed by atoms with Gasteiger partial charge in [-0.3, -0.25) is 5.41 Å². The van der Waals surface area contributed by atoms with E-state index in [9.17, 15) is 0 Å². The largest absolute Gasteiger partial charge is 0.377 e. The lowest BCUT2D eigenvalue weighted by Crippen LogP contribution is -2.36. The highest BCUT2D eigenvalue weighted by atomic mass is 16.5. The number of nitrogens with one attached hydrogen (secondary N) is 2. The van der Waals surface area contributed by atoms with Gasteiger partial charge in [-0.2, -0.15) is 5.10 Å². The number of nitrogens with two attached hydrogens (primary N) is 1. The van der Waals surface area contributed by atoms with Gasteiger partial charge >= 0.3 is 0 Å². The normalized spacial score (nSPS) is 33.9. The molecule has 1 aliphatic heterocycles. The van der Waals surface area contributed by atoms with Crippen LogP contribution in [-0.4, -0.2) is 49.4 Å². The van der Waals surface area contributed by atoms with Gasteiger partial charge in [0.25, 0.3) is 0 Å². The smallest absolute Gasteiger partial charge is 0.206 e. The zero-order valence-corrected chi connectivity index (χ0v) is 15.5. The topological polar surface area (TPSA) is 86.7 Å². The Morgan fingerprint density at radius 1 is 1.16 bits per heavy atom. The number of guanidine groups is 1. The maximum atomic E-state index is 7.12. The second-order valence-electron chi connectivity index (χ2n) is 8.26. The molecule has 2 saturated carbocycles. The van der Waals surface area contributed by atoms with Gasteiger partial charge in [-0.1, -0.05) is 0 Å². The molecule has 0 aromatic rings. The maximum absolute atomic E-state index is 7.12. The van der Waals surface area contributed by atoms with Crippen molar-refractivity contribution in [3.05, 3.63) is 0 Å². The Kier molecular flexibility index (Phi) is 6.70. The van der Waals surface area contributed by atoms with Gasteiger partial charge in [0, 0.05) is 12.8 Å². The van der Waals surface area contributed by atoms with Crippen LogP contribution in [-0.2, 0) is 4.74 Å². The minimum absolute atomic E-state index is 0.0911. The van der Waals surface area contributed by atoms with Gasteiger partial charge in [0.2, 0.25) is 5.96 Å². The van der Waals surface area contributed by atoms with Gasteiger partial charge in [0.1, 0.15) is 0 Å². The highest BCUT2D eigenvalue weighted by Crippen LogP contribution is 2.49. The molecule has 0 amide bonds. The first kappa shape index (κ1) is 18.6. The zero-order valence-electron chi connectivity index (χ0n) is 15.5. The van der Waals surface area contributed by atoms with Crippen LogP contribution in [0, 0.1) is 16.7 Å². The second-order valence-corrected chi connectivity index (χ2v) is 8.26. The third kappa shape index (κ3) is 5.68. The standard InChI is InChI=1S/C19H35N5O/c20-18(21)23-22-15-16-3-7-19(8-4-16)9-5-17(6-10-19)25-14-13-24-11-1-2-12-24/h15-17H,1-14H2,(H4,20,21,23). The summed E-state index contributed by atoms with van der Waals surface area (Å²) < 4.78 is 6.17. The number of ether oxygens (including phenoxy) is 1. The minimum Gasteiger partial charge on any atom is -0.377 e. The predicted molar refractivity (Wildman–Crippen MR) is 102 cm³/mol. The molecule has 0 aromatic heterocycles. The molecule has 0 radical (unpaired) electrons. The molecule has 0 unspecified atom stereocenters. The lowest BCUT2D eigenvalue weighted by molar-refractivity contribution is -0.0209. The molecular formula is C19H35N5O. The average Bonchev–Trinajstić information content (AvgIpc) is 3.12. The summed E-state index contributed by atoms with van der Waals surface area (Å²) in [6.07, 6.45) is 15.4. The molecule has 0 bridgehead atoms. The van der Waals surface area contributed by atoms with E-state index in [1.54, 1.807) is 0 Å². The quantitative estimate of drug-likeness (QED) is 0.391. The minimum atomic E-state index is -0.0911. The number of hydrogen-bond acceptors (Lipinski definition) is 4. The van der Waals surface area contributed by atoms with E-state index in [0.29, 0.717) is 17.4 Å². The Hall–Kier alpha value is -1.14. The highest BCUT2D eigenvalue weighted by Gasteiger charge is 2.38. The Morgan fingerprint density at radius 2 is 1.80 bits per heavy atom. The van der Waals surface area contributed by atoms with Crippen molar-refractivity contribution in [1.82, 2.24) is 10.3 Å². The zero-order chi connectivity index (χ0) is 17.5. The monoisotopic (exact) mass is 349 g/mol. The summed E-state index contributed by atoms with van der Waals surface area (Å²) in [6, 6.07) is 0. The second kappa shape index (κ2) is 8.99. The number of likely N-dealkylation sites (tertiary alicyclic amines) is 1. The van der Waals surface area contributed by atoms with E-state index < -0.39 is 0 Å². The van der Waals surface area contributed by atoms with Crippen LogP contribution in [0.5, 0.6) is 0 Å². The maximum Gasteiger partial charge on any atom is 0.206 e. The summed E-state index contributed by atoms with van der Waals surface area (Å²) >= 11 is 0. The van der Waals surface area contributed by atoms with Gasteiger partial charge in [-0.05, 0) is 88.6 Å². The van der Waals surface area contributed by atoms with Gasteiger partial charge in [0.05, 0.1) is 12.7 Å². The molecule has 3 aliphatic rings. The molecule has 0 aromatic carbocycles. The summed E-state index contributed by atoms with van der Waals surface area (Å²) in [6.45, 7) is 4.57. The molecule has 1 heterocycles. The molecule has 3 rings (SSSR count). The summed E-state index contributed by atoms with van der Waals surface area (Å²) in [5, 5.41) is 11.2. The van der Waals surface area contributed by atoms with Crippen molar-refractivity contribution in [2.75, 3.05) is 26.2 Å². The molecule has 0 atom stereocenters. The van der Waals surface area contributed by atoms with Crippen LogP contribution in [0.25, 0.3) is 0 Å². The van der Waals surface area contributed by atoms with Crippen molar-refractivity contribution in [1.29, 1.82) is 5.41 Å². The van der Waals surface area contributed by atoms with Crippen molar-refractivity contribution >= 4 is 12.2 Å². The first-order chi connectivity index (χ1) is 12.2. The molecular weight excluding hydrogens is 314 g/mol. The molecule has 6 heteroatoms. The van der Waals surface area contributed by atoms with Gasteiger partial charge in [-0.15, -0.1) is 0 Å². The molecule has 2 aliphatic carbocycles. The van der Waals surface area contributed by atoms with Crippen LogP contribution in [0.2, 0.25) is 0 Å². The Labute approximate surface area is 152 Å². The van der Waals surface area contributed by atoms with Crippen molar-refractivity contribution in [2.24, 2.45) is 22.2 Å². The number of hydrazone groups is 1. The third-order valence-corrected chi connectivity index (χ3v) is 6.51. The van der Waals surface area contributed by atoms with Crippen LogP contribution in [0.4, 0.5) is 0 Å².